The van der Waals surface area contributed by atoms with E-state index in [9.17, 15) is 4.79 Å². The highest BCUT2D eigenvalue weighted by atomic mass is 16.2. The van der Waals surface area contributed by atoms with Crippen molar-refractivity contribution < 1.29 is 4.79 Å². The van der Waals surface area contributed by atoms with E-state index in [1.54, 1.807) is 6.20 Å². The lowest BCUT2D eigenvalue weighted by molar-refractivity contribution is 0.248. The van der Waals surface area contributed by atoms with Gasteiger partial charge < -0.3 is 10.6 Å². The number of carbonyl (C=O) groups excluding carboxylic acids is 1. The van der Waals surface area contributed by atoms with Crippen molar-refractivity contribution in [1.29, 1.82) is 0 Å². The predicted octanol–water partition coefficient (Wildman–Crippen LogP) is 3.30. The third kappa shape index (κ3) is 2.67. The molecule has 1 aliphatic carbocycles. The van der Waals surface area contributed by atoms with E-state index in [0.717, 1.165) is 29.4 Å². The number of nitrogens with one attached hydrogen (secondary N) is 2. The summed E-state index contributed by atoms with van der Waals surface area (Å²) in [4.78, 5) is 16.3. The van der Waals surface area contributed by atoms with Crippen molar-refractivity contribution in [2.24, 2.45) is 0 Å². The van der Waals surface area contributed by atoms with Crippen LogP contribution in [0.3, 0.4) is 0 Å². The minimum Gasteiger partial charge on any atom is -0.335 e. The zero-order valence-corrected chi connectivity index (χ0v) is 10.7. The van der Waals surface area contributed by atoms with E-state index < -0.39 is 0 Å². The van der Waals surface area contributed by atoms with E-state index in [0.29, 0.717) is 6.04 Å². The zero-order valence-electron chi connectivity index (χ0n) is 10.7. The standard InChI is InChI=1S/C15H17N3O/c19-15(17-11-5-1-2-6-11)18-14-9-3-8-13-12(14)7-4-10-16-13/h3-4,7-11H,1-2,5-6H2,(H2,17,18,19). The van der Waals surface area contributed by atoms with Gasteiger partial charge >= 0.3 is 6.03 Å². The molecule has 0 spiro atoms. The molecule has 0 aliphatic heterocycles. The Morgan fingerprint density at radius 3 is 2.84 bits per heavy atom. The van der Waals surface area contributed by atoms with Gasteiger partial charge in [-0.2, -0.15) is 0 Å². The SMILES string of the molecule is O=C(Nc1cccc2ncccc12)NC1CCCC1. The maximum Gasteiger partial charge on any atom is 0.319 e. The highest BCUT2D eigenvalue weighted by molar-refractivity contribution is 6.00. The van der Waals surface area contributed by atoms with E-state index >= 15 is 0 Å². The highest BCUT2D eigenvalue weighted by Gasteiger charge is 2.17. The number of urea groups is 1. The number of benzene rings is 1. The number of rotatable bonds is 2. The molecule has 1 heterocycles. The topological polar surface area (TPSA) is 54.0 Å². The Morgan fingerprint density at radius 2 is 2.00 bits per heavy atom. The Kier molecular flexibility index (Phi) is 3.31. The third-order valence-corrected chi connectivity index (χ3v) is 3.58. The molecule has 0 atom stereocenters. The van der Waals surface area contributed by atoms with Crippen LogP contribution < -0.4 is 10.6 Å². The number of anilines is 1. The van der Waals surface area contributed by atoms with E-state index in [-0.39, 0.29) is 6.03 Å². The first-order chi connectivity index (χ1) is 9.33. The lowest BCUT2D eigenvalue weighted by Gasteiger charge is -2.14. The summed E-state index contributed by atoms with van der Waals surface area (Å²) < 4.78 is 0. The van der Waals surface area contributed by atoms with Crippen LogP contribution in [0.1, 0.15) is 25.7 Å². The zero-order chi connectivity index (χ0) is 13.1. The van der Waals surface area contributed by atoms with Crippen LogP contribution in [0.25, 0.3) is 10.9 Å². The smallest absolute Gasteiger partial charge is 0.319 e. The fourth-order valence-corrected chi connectivity index (χ4v) is 2.63. The molecule has 19 heavy (non-hydrogen) atoms. The van der Waals surface area contributed by atoms with E-state index in [2.05, 4.69) is 15.6 Å². The van der Waals surface area contributed by atoms with E-state index in [1.807, 2.05) is 30.3 Å². The molecule has 1 aliphatic rings. The molecule has 1 aromatic carbocycles. The minimum atomic E-state index is -0.122. The number of pyridine rings is 1. The Balaban J connectivity index is 1.75. The second-order valence-electron chi connectivity index (χ2n) is 4.96. The van der Waals surface area contributed by atoms with Gasteiger partial charge in [0.2, 0.25) is 0 Å². The monoisotopic (exact) mass is 255 g/mol. The summed E-state index contributed by atoms with van der Waals surface area (Å²) >= 11 is 0. The number of hydrogen-bond acceptors (Lipinski definition) is 2. The molecular formula is C15H17N3O. The summed E-state index contributed by atoms with van der Waals surface area (Å²) in [5.41, 5.74) is 1.70. The number of aromatic nitrogens is 1. The number of carbonyl (C=O) groups is 1. The van der Waals surface area contributed by atoms with E-state index in [4.69, 9.17) is 0 Å². The van der Waals surface area contributed by atoms with Crippen LogP contribution in [-0.4, -0.2) is 17.1 Å². The van der Waals surface area contributed by atoms with Gasteiger partial charge in [0.25, 0.3) is 0 Å². The average molecular weight is 255 g/mol. The summed E-state index contributed by atoms with van der Waals surface area (Å²) in [7, 11) is 0. The lowest BCUT2D eigenvalue weighted by Crippen LogP contribution is -2.36. The fourth-order valence-electron chi connectivity index (χ4n) is 2.63. The predicted molar refractivity (Wildman–Crippen MR) is 76.2 cm³/mol. The highest BCUT2D eigenvalue weighted by Crippen LogP contribution is 2.22. The molecule has 0 saturated heterocycles. The molecule has 0 bridgehead atoms. The van der Waals surface area contributed by atoms with Gasteiger partial charge in [0.15, 0.2) is 0 Å². The molecule has 1 fully saturated rings. The van der Waals surface area contributed by atoms with Crippen molar-refractivity contribution in [2.45, 2.75) is 31.7 Å². The summed E-state index contributed by atoms with van der Waals surface area (Å²) in [5.74, 6) is 0. The summed E-state index contributed by atoms with van der Waals surface area (Å²) in [6, 6.07) is 9.79. The van der Waals surface area contributed by atoms with Crippen LogP contribution in [0.5, 0.6) is 0 Å². The van der Waals surface area contributed by atoms with Crippen molar-refractivity contribution in [2.75, 3.05) is 5.32 Å². The quantitative estimate of drug-likeness (QED) is 0.865. The minimum absolute atomic E-state index is 0.122. The molecule has 2 amide bonds. The van der Waals surface area contributed by atoms with Crippen LogP contribution in [-0.2, 0) is 0 Å². The fraction of sp³-hybridized carbons (Fsp3) is 0.333. The van der Waals surface area contributed by atoms with Crippen LogP contribution in [0, 0.1) is 0 Å². The molecule has 3 rings (SSSR count). The van der Waals surface area contributed by atoms with Gasteiger partial charge in [-0.25, -0.2) is 4.79 Å². The number of hydrogen-bond donors (Lipinski definition) is 2. The Labute approximate surface area is 112 Å². The van der Waals surface area contributed by atoms with Gasteiger partial charge in [0.05, 0.1) is 11.2 Å². The first kappa shape index (κ1) is 12.0. The summed E-state index contributed by atoms with van der Waals surface area (Å²) in [6.45, 7) is 0. The van der Waals surface area contributed by atoms with Crippen LogP contribution in [0.4, 0.5) is 10.5 Å². The molecule has 0 unspecified atom stereocenters. The lowest BCUT2D eigenvalue weighted by atomic mass is 10.2. The molecule has 1 saturated carbocycles. The first-order valence-corrected chi connectivity index (χ1v) is 6.74. The Hall–Kier alpha value is -2.10. The van der Waals surface area contributed by atoms with Gasteiger partial charge in [-0.05, 0) is 37.1 Å². The van der Waals surface area contributed by atoms with Crippen LogP contribution in [0.2, 0.25) is 0 Å². The molecular weight excluding hydrogens is 238 g/mol. The number of fused-ring (bicyclic) bond motifs is 1. The van der Waals surface area contributed by atoms with Crippen molar-refractivity contribution in [1.82, 2.24) is 10.3 Å². The second kappa shape index (κ2) is 5.26. The van der Waals surface area contributed by atoms with Gasteiger partial charge in [-0.15, -0.1) is 0 Å². The maximum atomic E-state index is 12.0. The molecule has 0 radical (unpaired) electrons. The molecule has 4 nitrogen and oxygen atoms in total. The van der Waals surface area contributed by atoms with E-state index in [1.165, 1.54) is 12.8 Å². The van der Waals surface area contributed by atoms with Crippen LogP contribution in [0.15, 0.2) is 36.5 Å². The van der Waals surface area contributed by atoms with Crippen molar-refractivity contribution in [3.8, 4) is 0 Å². The Bertz CT molecular complexity index is 585. The van der Waals surface area contributed by atoms with Crippen molar-refractivity contribution in [3.05, 3.63) is 36.5 Å². The molecule has 1 aromatic heterocycles. The van der Waals surface area contributed by atoms with Gasteiger partial charge in [-0.1, -0.05) is 18.9 Å². The first-order valence-electron chi connectivity index (χ1n) is 6.74. The van der Waals surface area contributed by atoms with Crippen molar-refractivity contribution in [3.63, 3.8) is 0 Å². The Morgan fingerprint density at radius 1 is 1.16 bits per heavy atom. The maximum absolute atomic E-state index is 12.0. The summed E-state index contributed by atoms with van der Waals surface area (Å²) in [5, 5.41) is 6.91. The van der Waals surface area contributed by atoms with Gasteiger partial charge in [0, 0.05) is 17.6 Å². The van der Waals surface area contributed by atoms with Gasteiger partial charge in [0.1, 0.15) is 0 Å². The summed E-state index contributed by atoms with van der Waals surface area (Å²) in [6.07, 6.45) is 6.35. The van der Waals surface area contributed by atoms with Crippen LogP contribution >= 0.6 is 0 Å². The number of nitrogens with zero attached hydrogens (tertiary/aromatic N) is 1. The van der Waals surface area contributed by atoms with Gasteiger partial charge in [-0.3, -0.25) is 4.98 Å². The largest absolute Gasteiger partial charge is 0.335 e. The normalized spacial score (nSPS) is 15.6. The number of amides is 2. The average Bonchev–Trinajstić information content (AvgIpc) is 2.92. The van der Waals surface area contributed by atoms with Crippen molar-refractivity contribution >= 4 is 22.6 Å². The second-order valence-corrected chi connectivity index (χ2v) is 4.96. The molecule has 98 valence electrons. The molecule has 4 heteroatoms. The molecule has 2 N–H and O–H groups in total. The third-order valence-electron chi connectivity index (χ3n) is 3.58. The molecule has 2 aromatic rings.